The summed E-state index contributed by atoms with van der Waals surface area (Å²) in [5, 5.41) is 6.93. The summed E-state index contributed by atoms with van der Waals surface area (Å²) < 4.78 is 5.23. The first-order valence-electron chi connectivity index (χ1n) is 5.80. The lowest BCUT2D eigenvalue weighted by Gasteiger charge is -2.14. The number of nitrogens with one attached hydrogen (secondary N) is 2. The van der Waals surface area contributed by atoms with E-state index in [1.807, 2.05) is 18.2 Å². The third kappa shape index (κ3) is 3.11. The fourth-order valence-electron chi connectivity index (χ4n) is 1.75. The molecule has 0 aliphatic carbocycles. The number of furan rings is 1. The highest BCUT2D eigenvalue weighted by Crippen LogP contribution is 2.19. The number of hydrogen-bond donors (Lipinski definition) is 2. The standard InChI is InChI=1S/C14H16N2OS/c1-10-5-3-6-11(2)13(10)16-14(18)15-9-12-7-4-8-17-12/h3-8H,9H2,1-2H3,(H2,15,16,18). The SMILES string of the molecule is Cc1cccc(C)c1NC(=S)NCc1ccco1. The van der Waals surface area contributed by atoms with Crippen molar-refractivity contribution in [1.29, 1.82) is 0 Å². The molecular formula is C14H16N2OS. The molecule has 1 aromatic heterocycles. The van der Waals surface area contributed by atoms with Crippen LogP contribution in [0.5, 0.6) is 0 Å². The lowest BCUT2D eigenvalue weighted by molar-refractivity contribution is 0.503. The van der Waals surface area contributed by atoms with Gasteiger partial charge in [-0.15, -0.1) is 0 Å². The van der Waals surface area contributed by atoms with Gasteiger partial charge in [0, 0.05) is 5.69 Å². The fraction of sp³-hybridized carbons (Fsp3) is 0.214. The van der Waals surface area contributed by atoms with Crippen molar-refractivity contribution in [3.05, 3.63) is 53.5 Å². The van der Waals surface area contributed by atoms with Gasteiger partial charge in [0.25, 0.3) is 0 Å². The average Bonchev–Trinajstić information content (AvgIpc) is 2.84. The minimum atomic E-state index is 0.587. The first-order valence-corrected chi connectivity index (χ1v) is 6.21. The Morgan fingerprint density at radius 2 is 1.89 bits per heavy atom. The molecule has 0 saturated heterocycles. The Morgan fingerprint density at radius 3 is 2.50 bits per heavy atom. The van der Waals surface area contributed by atoms with Gasteiger partial charge in [-0.05, 0) is 49.3 Å². The summed E-state index contributed by atoms with van der Waals surface area (Å²) in [5.41, 5.74) is 3.42. The molecule has 0 aliphatic heterocycles. The Balaban J connectivity index is 1.95. The summed E-state index contributed by atoms with van der Waals surface area (Å²) in [6, 6.07) is 9.93. The van der Waals surface area contributed by atoms with E-state index in [1.54, 1.807) is 6.26 Å². The zero-order valence-electron chi connectivity index (χ0n) is 10.5. The number of anilines is 1. The van der Waals surface area contributed by atoms with Gasteiger partial charge >= 0.3 is 0 Å². The third-order valence-electron chi connectivity index (χ3n) is 2.72. The number of thiocarbonyl (C=S) groups is 1. The fourth-order valence-corrected chi connectivity index (χ4v) is 1.92. The topological polar surface area (TPSA) is 37.2 Å². The molecule has 3 nitrogen and oxygen atoms in total. The molecule has 0 amide bonds. The van der Waals surface area contributed by atoms with E-state index in [0.717, 1.165) is 11.4 Å². The van der Waals surface area contributed by atoms with E-state index in [9.17, 15) is 0 Å². The molecule has 2 rings (SSSR count). The molecule has 2 aromatic rings. The summed E-state index contributed by atoms with van der Waals surface area (Å²) in [6.07, 6.45) is 1.65. The molecule has 0 fully saturated rings. The predicted octanol–water partition coefficient (Wildman–Crippen LogP) is 3.38. The molecule has 1 aromatic carbocycles. The average molecular weight is 260 g/mol. The van der Waals surface area contributed by atoms with E-state index in [-0.39, 0.29) is 0 Å². The first-order chi connectivity index (χ1) is 8.66. The molecule has 0 radical (unpaired) electrons. The van der Waals surface area contributed by atoms with Gasteiger partial charge in [0.05, 0.1) is 12.8 Å². The van der Waals surface area contributed by atoms with Crippen molar-refractivity contribution in [1.82, 2.24) is 5.32 Å². The quantitative estimate of drug-likeness (QED) is 0.830. The van der Waals surface area contributed by atoms with Crippen molar-refractivity contribution in [2.75, 3.05) is 5.32 Å². The molecule has 0 unspecified atom stereocenters. The van der Waals surface area contributed by atoms with Crippen LogP contribution in [0.15, 0.2) is 41.0 Å². The van der Waals surface area contributed by atoms with E-state index in [0.29, 0.717) is 11.7 Å². The van der Waals surface area contributed by atoms with Crippen LogP contribution in [-0.2, 0) is 6.54 Å². The second-order valence-electron chi connectivity index (χ2n) is 4.15. The maximum atomic E-state index is 5.26. The van der Waals surface area contributed by atoms with Crippen LogP contribution in [-0.4, -0.2) is 5.11 Å². The van der Waals surface area contributed by atoms with E-state index in [1.165, 1.54) is 11.1 Å². The van der Waals surface area contributed by atoms with Crippen molar-refractivity contribution in [2.24, 2.45) is 0 Å². The molecular weight excluding hydrogens is 244 g/mol. The number of para-hydroxylation sites is 1. The molecule has 0 bridgehead atoms. The van der Waals surface area contributed by atoms with Gasteiger partial charge in [-0.25, -0.2) is 0 Å². The zero-order chi connectivity index (χ0) is 13.0. The number of benzene rings is 1. The lowest BCUT2D eigenvalue weighted by atomic mass is 10.1. The molecule has 0 atom stereocenters. The van der Waals surface area contributed by atoms with Crippen molar-refractivity contribution < 1.29 is 4.42 Å². The summed E-state index contributed by atoms with van der Waals surface area (Å²) >= 11 is 5.26. The molecule has 0 aliphatic rings. The highest BCUT2D eigenvalue weighted by atomic mass is 32.1. The van der Waals surface area contributed by atoms with Crippen LogP contribution in [0.1, 0.15) is 16.9 Å². The minimum absolute atomic E-state index is 0.587. The van der Waals surface area contributed by atoms with Crippen LogP contribution in [0, 0.1) is 13.8 Å². The number of hydrogen-bond acceptors (Lipinski definition) is 2. The monoisotopic (exact) mass is 260 g/mol. The Bertz CT molecular complexity index is 514. The third-order valence-corrected chi connectivity index (χ3v) is 2.97. The second kappa shape index (κ2) is 5.69. The first kappa shape index (κ1) is 12.6. The maximum absolute atomic E-state index is 5.26. The van der Waals surface area contributed by atoms with Crippen LogP contribution in [0.2, 0.25) is 0 Å². The summed E-state index contributed by atoms with van der Waals surface area (Å²) in [6.45, 7) is 4.71. The van der Waals surface area contributed by atoms with E-state index in [4.69, 9.17) is 16.6 Å². The van der Waals surface area contributed by atoms with Gasteiger partial charge in [0.15, 0.2) is 5.11 Å². The van der Waals surface area contributed by atoms with Crippen molar-refractivity contribution in [3.63, 3.8) is 0 Å². The highest BCUT2D eigenvalue weighted by Gasteiger charge is 2.04. The Kier molecular flexibility index (Phi) is 3.99. The Hall–Kier alpha value is -1.81. The van der Waals surface area contributed by atoms with Gasteiger partial charge in [-0.3, -0.25) is 0 Å². The van der Waals surface area contributed by atoms with Crippen molar-refractivity contribution in [2.45, 2.75) is 20.4 Å². The molecule has 4 heteroatoms. The molecule has 18 heavy (non-hydrogen) atoms. The molecule has 94 valence electrons. The van der Waals surface area contributed by atoms with Crippen molar-refractivity contribution in [3.8, 4) is 0 Å². The second-order valence-corrected chi connectivity index (χ2v) is 4.56. The van der Waals surface area contributed by atoms with Crippen LogP contribution in [0.4, 0.5) is 5.69 Å². The van der Waals surface area contributed by atoms with Crippen LogP contribution in [0.3, 0.4) is 0 Å². The van der Waals surface area contributed by atoms with Gasteiger partial charge in [-0.1, -0.05) is 18.2 Å². The molecule has 0 saturated carbocycles. The molecule has 2 N–H and O–H groups in total. The molecule has 1 heterocycles. The highest BCUT2D eigenvalue weighted by molar-refractivity contribution is 7.80. The summed E-state index contributed by atoms with van der Waals surface area (Å²) in [5.74, 6) is 0.862. The van der Waals surface area contributed by atoms with Crippen LogP contribution < -0.4 is 10.6 Å². The minimum Gasteiger partial charge on any atom is -0.467 e. The Labute approximate surface area is 112 Å². The lowest BCUT2D eigenvalue weighted by Crippen LogP contribution is -2.28. The van der Waals surface area contributed by atoms with Crippen molar-refractivity contribution >= 4 is 23.0 Å². The van der Waals surface area contributed by atoms with Crippen LogP contribution in [0.25, 0.3) is 0 Å². The normalized spacial score (nSPS) is 10.1. The van der Waals surface area contributed by atoms with E-state index in [2.05, 4.69) is 36.6 Å². The Morgan fingerprint density at radius 1 is 1.17 bits per heavy atom. The molecule has 0 spiro atoms. The largest absolute Gasteiger partial charge is 0.467 e. The van der Waals surface area contributed by atoms with E-state index < -0.39 is 0 Å². The summed E-state index contributed by atoms with van der Waals surface area (Å²) in [4.78, 5) is 0. The van der Waals surface area contributed by atoms with Gasteiger partial charge < -0.3 is 15.1 Å². The van der Waals surface area contributed by atoms with Gasteiger partial charge in [-0.2, -0.15) is 0 Å². The summed E-state index contributed by atoms with van der Waals surface area (Å²) in [7, 11) is 0. The smallest absolute Gasteiger partial charge is 0.171 e. The van der Waals surface area contributed by atoms with E-state index >= 15 is 0 Å². The number of rotatable bonds is 3. The zero-order valence-corrected chi connectivity index (χ0v) is 11.3. The van der Waals surface area contributed by atoms with Gasteiger partial charge in [0.1, 0.15) is 5.76 Å². The predicted molar refractivity (Wildman–Crippen MR) is 77.7 cm³/mol. The van der Waals surface area contributed by atoms with Crippen LogP contribution >= 0.6 is 12.2 Å². The number of aryl methyl sites for hydroxylation is 2. The van der Waals surface area contributed by atoms with Gasteiger partial charge in [0.2, 0.25) is 0 Å². The maximum Gasteiger partial charge on any atom is 0.171 e.